The second kappa shape index (κ2) is 3.73. The monoisotopic (exact) mass is 242 g/mol. The number of ether oxygens (including phenoxy) is 1. The molecule has 0 saturated carbocycles. The van der Waals surface area contributed by atoms with Gasteiger partial charge in [-0.2, -0.15) is 0 Å². The maximum absolute atomic E-state index is 11.3. The van der Waals surface area contributed by atoms with Crippen LogP contribution in [0.15, 0.2) is 36.4 Å². The lowest BCUT2D eigenvalue weighted by atomic mass is 9.78. The summed E-state index contributed by atoms with van der Waals surface area (Å²) in [4.78, 5) is 11.3. The van der Waals surface area contributed by atoms with E-state index in [4.69, 9.17) is 4.74 Å². The number of rotatable bonds is 1. The van der Waals surface area contributed by atoms with E-state index >= 15 is 0 Å². The van der Waals surface area contributed by atoms with Gasteiger partial charge in [-0.3, -0.25) is 4.79 Å². The summed E-state index contributed by atoms with van der Waals surface area (Å²) in [6.45, 7) is 0. The van der Waals surface area contributed by atoms with Crippen LogP contribution >= 0.6 is 0 Å². The Labute approximate surface area is 105 Å². The normalized spacial score (nSPS) is 19.3. The maximum Gasteiger partial charge on any atom is 0.178 e. The molecule has 0 bridgehead atoms. The quantitative estimate of drug-likeness (QED) is 0.821. The van der Waals surface area contributed by atoms with Gasteiger partial charge in [0.1, 0.15) is 11.5 Å². The van der Waals surface area contributed by atoms with E-state index < -0.39 is 0 Å². The number of hydrogen-bond acceptors (Lipinski definition) is 3. The number of methoxy groups -OCH3 is 1. The molecule has 1 spiro atoms. The van der Waals surface area contributed by atoms with Crippen molar-refractivity contribution in [3.8, 4) is 11.5 Å². The lowest BCUT2D eigenvalue weighted by Crippen LogP contribution is -2.21. The zero-order valence-corrected chi connectivity index (χ0v) is 10.1. The lowest BCUT2D eigenvalue weighted by molar-refractivity contribution is -0.110. The number of carbonyl (C=O) groups excluding carboxylic acids is 1. The topological polar surface area (TPSA) is 46.5 Å². The number of aromatic hydroxyl groups is 1. The number of phenolic OH excluding ortho intramolecular Hbond substituents is 1. The van der Waals surface area contributed by atoms with Crippen LogP contribution < -0.4 is 4.74 Å². The number of ketones is 1. The molecule has 0 aromatic heterocycles. The van der Waals surface area contributed by atoms with Gasteiger partial charge in [-0.25, -0.2) is 0 Å². The smallest absolute Gasteiger partial charge is 0.178 e. The minimum absolute atomic E-state index is 0.0202. The van der Waals surface area contributed by atoms with Crippen molar-refractivity contribution in [3.05, 3.63) is 47.6 Å². The van der Waals surface area contributed by atoms with E-state index in [1.54, 1.807) is 31.4 Å². The Balaban J connectivity index is 2.20. The highest BCUT2D eigenvalue weighted by molar-refractivity contribution is 6.01. The van der Waals surface area contributed by atoms with E-state index in [2.05, 4.69) is 0 Å². The predicted octanol–water partition coefficient (Wildman–Crippen LogP) is 2.28. The first-order valence-corrected chi connectivity index (χ1v) is 5.97. The summed E-state index contributed by atoms with van der Waals surface area (Å²) >= 11 is 0. The van der Waals surface area contributed by atoms with E-state index in [0.29, 0.717) is 5.75 Å². The summed E-state index contributed by atoms with van der Waals surface area (Å²) < 4.78 is 5.38. The molecular formula is C15H14O3. The number of aryl methyl sites for hydroxylation is 1. The highest BCUT2D eigenvalue weighted by Gasteiger charge is 2.38. The Morgan fingerprint density at radius 2 is 2.00 bits per heavy atom. The largest absolute Gasteiger partial charge is 0.508 e. The fourth-order valence-electron chi connectivity index (χ4n) is 2.92. The van der Waals surface area contributed by atoms with E-state index in [0.717, 1.165) is 24.0 Å². The zero-order chi connectivity index (χ0) is 12.8. The molecule has 0 fully saturated rings. The molecule has 18 heavy (non-hydrogen) atoms. The minimum Gasteiger partial charge on any atom is -0.508 e. The highest BCUT2D eigenvalue weighted by Crippen LogP contribution is 2.48. The van der Waals surface area contributed by atoms with Crippen LogP contribution in [0.3, 0.4) is 0 Å². The first kappa shape index (κ1) is 11.1. The summed E-state index contributed by atoms with van der Waals surface area (Å²) in [6.07, 6.45) is 8.90. The molecule has 0 atom stereocenters. The van der Waals surface area contributed by atoms with Crippen LogP contribution in [0.4, 0.5) is 0 Å². The maximum atomic E-state index is 11.3. The number of allylic oxidation sites excluding steroid dienone is 4. The first-order valence-electron chi connectivity index (χ1n) is 5.97. The van der Waals surface area contributed by atoms with Gasteiger partial charge in [0.25, 0.3) is 0 Å². The van der Waals surface area contributed by atoms with Gasteiger partial charge in [0.05, 0.1) is 7.11 Å². The standard InChI is InChI=1S/C15H14O3/c1-18-13-9-12(17)8-10-2-5-15(14(10)13)6-3-11(16)4-7-15/h3-4,6-9,17H,2,5H2,1H3. The van der Waals surface area contributed by atoms with Crippen LogP contribution in [0.5, 0.6) is 11.5 Å². The molecule has 0 heterocycles. The second-order valence-electron chi connectivity index (χ2n) is 4.79. The number of benzene rings is 1. The lowest BCUT2D eigenvalue weighted by Gasteiger charge is -2.26. The Hall–Kier alpha value is -2.03. The van der Waals surface area contributed by atoms with Gasteiger partial charge in [-0.15, -0.1) is 0 Å². The molecule has 1 aromatic rings. The summed E-state index contributed by atoms with van der Waals surface area (Å²) in [5, 5.41) is 9.67. The molecule has 2 aliphatic rings. The third-order valence-corrected chi connectivity index (χ3v) is 3.75. The van der Waals surface area contributed by atoms with E-state index in [1.165, 1.54) is 0 Å². The molecule has 1 aromatic carbocycles. The molecule has 0 radical (unpaired) electrons. The number of hydrogen-bond donors (Lipinski definition) is 1. The van der Waals surface area contributed by atoms with Crippen molar-refractivity contribution < 1.29 is 14.6 Å². The van der Waals surface area contributed by atoms with Gasteiger partial charge in [0, 0.05) is 17.0 Å². The molecule has 0 aliphatic heterocycles. The Morgan fingerprint density at radius 3 is 2.67 bits per heavy atom. The molecule has 0 amide bonds. The summed E-state index contributed by atoms with van der Waals surface area (Å²) in [6, 6.07) is 3.41. The van der Waals surface area contributed by atoms with Gasteiger partial charge in [-0.05, 0) is 36.6 Å². The fraction of sp³-hybridized carbons (Fsp3) is 0.267. The van der Waals surface area contributed by atoms with Crippen LogP contribution in [0.2, 0.25) is 0 Å². The molecule has 1 N–H and O–H groups in total. The van der Waals surface area contributed by atoms with Gasteiger partial charge in [-0.1, -0.05) is 12.2 Å². The number of carbonyl (C=O) groups is 1. The van der Waals surface area contributed by atoms with Gasteiger partial charge in [0.2, 0.25) is 0 Å². The molecule has 92 valence electrons. The molecular weight excluding hydrogens is 228 g/mol. The second-order valence-corrected chi connectivity index (χ2v) is 4.79. The van der Waals surface area contributed by atoms with Crippen molar-refractivity contribution in [2.24, 2.45) is 0 Å². The third-order valence-electron chi connectivity index (χ3n) is 3.75. The van der Waals surface area contributed by atoms with Crippen LogP contribution in [-0.4, -0.2) is 18.0 Å². The molecule has 3 rings (SSSR count). The average molecular weight is 242 g/mol. The van der Waals surface area contributed by atoms with Gasteiger partial charge >= 0.3 is 0 Å². The van der Waals surface area contributed by atoms with E-state index in [-0.39, 0.29) is 16.9 Å². The fourth-order valence-corrected chi connectivity index (χ4v) is 2.92. The Morgan fingerprint density at radius 1 is 1.28 bits per heavy atom. The summed E-state index contributed by atoms with van der Waals surface area (Å²) in [5.41, 5.74) is 1.92. The van der Waals surface area contributed by atoms with Crippen LogP contribution in [0.25, 0.3) is 0 Å². The minimum atomic E-state index is -0.248. The van der Waals surface area contributed by atoms with Crippen molar-refractivity contribution in [1.82, 2.24) is 0 Å². The average Bonchev–Trinajstić information content (AvgIpc) is 2.71. The first-order chi connectivity index (χ1) is 8.64. The van der Waals surface area contributed by atoms with E-state index in [1.807, 2.05) is 12.2 Å². The Kier molecular flexibility index (Phi) is 2.30. The van der Waals surface area contributed by atoms with Crippen molar-refractivity contribution in [2.75, 3.05) is 7.11 Å². The van der Waals surface area contributed by atoms with E-state index in [9.17, 15) is 9.90 Å². The predicted molar refractivity (Wildman–Crippen MR) is 67.9 cm³/mol. The van der Waals surface area contributed by atoms with Gasteiger partial charge in [0.15, 0.2) is 5.78 Å². The summed E-state index contributed by atoms with van der Waals surface area (Å²) in [7, 11) is 1.60. The van der Waals surface area contributed by atoms with Crippen LogP contribution in [0, 0.1) is 0 Å². The molecule has 3 heteroatoms. The van der Waals surface area contributed by atoms with Crippen LogP contribution in [0.1, 0.15) is 17.5 Å². The van der Waals surface area contributed by atoms with Crippen molar-refractivity contribution in [1.29, 1.82) is 0 Å². The number of phenols is 1. The van der Waals surface area contributed by atoms with Gasteiger partial charge < -0.3 is 9.84 Å². The molecule has 3 nitrogen and oxygen atoms in total. The molecule has 2 aliphatic carbocycles. The SMILES string of the molecule is COc1cc(O)cc2c1C1(C=CC(=O)C=C1)CC2. The van der Waals surface area contributed by atoms with Crippen LogP contribution in [-0.2, 0) is 16.6 Å². The number of fused-ring (bicyclic) bond motifs is 2. The van der Waals surface area contributed by atoms with Crippen molar-refractivity contribution in [2.45, 2.75) is 18.3 Å². The third kappa shape index (κ3) is 1.47. The molecule has 0 saturated heterocycles. The Bertz CT molecular complexity index is 566. The zero-order valence-electron chi connectivity index (χ0n) is 10.1. The van der Waals surface area contributed by atoms with Crippen molar-refractivity contribution >= 4 is 5.78 Å². The highest BCUT2D eigenvalue weighted by atomic mass is 16.5. The summed E-state index contributed by atoms with van der Waals surface area (Å²) in [5.74, 6) is 0.931. The van der Waals surface area contributed by atoms with Crippen molar-refractivity contribution in [3.63, 3.8) is 0 Å². The molecule has 0 unspecified atom stereocenters.